The number of halogens is 2. The number of amides is 2. The van der Waals surface area contributed by atoms with Crippen LogP contribution in [0.1, 0.15) is 26.8 Å². The lowest BCUT2D eigenvalue weighted by molar-refractivity contribution is -0.120. The number of aromatic amines is 1. The minimum Gasteiger partial charge on any atom is -0.345 e. The average Bonchev–Trinajstić information content (AvgIpc) is 3.46. The van der Waals surface area contributed by atoms with Crippen LogP contribution in [0.3, 0.4) is 0 Å². The molecule has 17 heteroatoms. The third-order valence-electron chi connectivity index (χ3n) is 6.71. The lowest BCUT2D eigenvalue weighted by Crippen LogP contribution is -2.57. The molecular weight excluding hydrogens is 623 g/mol. The highest BCUT2D eigenvalue weighted by atomic mass is 35.5. The lowest BCUT2D eigenvalue weighted by Gasteiger charge is -2.40. The summed E-state index contributed by atoms with van der Waals surface area (Å²) < 4.78 is 53.5. The fourth-order valence-electron chi connectivity index (χ4n) is 4.84. The molecule has 1 saturated heterocycles. The first-order valence-electron chi connectivity index (χ1n) is 12.1. The fraction of sp³-hybridized carbons (Fsp3) is 0.435. The molecule has 5 rings (SSSR count). The van der Waals surface area contributed by atoms with E-state index >= 15 is 0 Å². The summed E-state index contributed by atoms with van der Waals surface area (Å²) in [5.41, 5.74) is 1.46. The number of hydrogen-bond donors (Lipinski definition) is 2. The Labute approximate surface area is 247 Å². The molecule has 2 N–H and O–H groups in total. The summed E-state index contributed by atoms with van der Waals surface area (Å²) in [6.07, 6.45) is 1.17. The molecule has 1 aromatic carbocycles. The van der Waals surface area contributed by atoms with Gasteiger partial charge in [0.05, 0.1) is 18.0 Å². The molecule has 0 saturated carbocycles. The lowest BCUT2D eigenvalue weighted by atomic mass is 10.1. The molecule has 0 aliphatic carbocycles. The highest BCUT2D eigenvalue weighted by Gasteiger charge is 2.39. The maximum absolute atomic E-state index is 13.6. The highest BCUT2D eigenvalue weighted by Crippen LogP contribution is 2.29. The third kappa shape index (κ3) is 6.45. The first-order chi connectivity index (χ1) is 18.3. The molecule has 3 aromatic rings. The number of H-pyrrole nitrogens is 1. The Morgan fingerprint density at radius 1 is 1.18 bits per heavy atom. The number of benzene rings is 1. The van der Waals surface area contributed by atoms with Crippen LogP contribution < -0.4 is 4.72 Å². The third-order valence-corrected chi connectivity index (χ3v) is 10.4. The van der Waals surface area contributed by atoms with E-state index < -0.39 is 44.3 Å². The van der Waals surface area contributed by atoms with Gasteiger partial charge in [0.1, 0.15) is 5.03 Å². The van der Waals surface area contributed by atoms with Gasteiger partial charge in [0.15, 0.2) is 5.01 Å². The van der Waals surface area contributed by atoms with Crippen molar-refractivity contribution in [2.45, 2.75) is 30.5 Å². The second-order valence-corrected chi connectivity index (χ2v) is 14.9. The van der Waals surface area contributed by atoms with E-state index in [0.29, 0.717) is 22.5 Å². The van der Waals surface area contributed by atoms with Gasteiger partial charge in [0.2, 0.25) is 15.9 Å². The first-order valence-corrected chi connectivity index (χ1v) is 16.6. The van der Waals surface area contributed by atoms with Gasteiger partial charge in [-0.05, 0) is 31.3 Å². The van der Waals surface area contributed by atoms with Crippen molar-refractivity contribution < 1.29 is 26.4 Å². The molecule has 0 radical (unpaired) electrons. The molecule has 1 unspecified atom stereocenters. The smallest absolute Gasteiger partial charge is 0.283 e. The van der Waals surface area contributed by atoms with Crippen molar-refractivity contribution in [1.82, 2.24) is 28.8 Å². The summed E-state index contributed by atoms with van der Waals surface area (Å²) in [4.78, 5) is 38.1. The van der Waals surface area contributed by atoms with E-state index in [1.165, 1.54) is 26.6 Å². The van der Waals surface area contributed by atoms with Crippen LogP contribution in [0.5, 0.6) is 0 Å². The van der Waals surface area contributed by atoms with E-state index in [0.717, 1.165) is 29.8 Å². The Hall–Kier alpha value is -2.27. The number of nitrogens with one attached hydrogen (secondary N) is 2. The van der Waals surface area contributed by atoms with Crippen LogP contribution in [-0.4, -0.2) is 98.2 Å². The molecule has 4 heterocycles. The van der Waals surface area contributed by atoms with Crippen molar-refractivity contribution in [3.05, 3.63) is 44.9 Å². The summed E-state index contributed by atoms with van der Waals surface area (Å²) in [7, 11) is -5.89. The first kappa shape index (κ1) is 30.7. The molecule has 218 valence electrons. The number of nitrogens with zero attached hydrogens (tertiary/aromatic N) is 4. The number of piperazine rings is 1. The molecule has 1 atom stereocenters. The normalized spacial score (nSPS) is 18.8. The number of thiazole rings is 1. The number of fused-ring (bicyclic) bond motifs is 2. The fourth-order valence-corrected chi connectivity index (χ4v) is 8.15. The van der Waals surface area contributed by atoms with E-state index in [-0.39, 0.29) is 42.1 Å². The Morgan fingerprint density at radius 3 is 2.65 bits per heavy atom. The second kappa shape index (κ2) is 11.5. The number of likely N-dealkylation sites (N-methyl/N-ethyl adjacent to an activating group) is 1. The number of carbonyl (C=O) groups excluding carboxylic acids is 2. The van der Waals surface area contributed by atoms with Crippen LogP contribution in [0, 0.1) is 0 Å². The van der Waals surface area contributed by atoms with Gasteiger partial charge in [-0.1, -0.05) is 11.6 Å². The Bertz CT molecular complexity index is 1670. The van der Waals surface area contributed by atoms with Crippen molar-refractivity contribution >= 4 is 78.1 Å². The van der Waals surface area contributed by atoms with Crippen molar-refractivity contribution in [3.63, 3.8) is 0 Å². The predicted molar refractivity (Wildman–Crippen MR) is 154 cm³/mol. The number of carbonyl (C=O) groups is 2. The van der Waals surface area contributed by atoms with Gasteiger partial charge in [0.25, 0.3) is 15.9 Å². The zero-order chi connectivity index (χ0) is 28.1. The summed E-state index contributed by atoms with van der Waals surface area (Å²) in [6, 6.07) is 5.54. The van der Waals surface area contributed by atoms with Gasteiger partial charge in [-0.25, -0.2) is 21.8 Å². The van der Waals surface area contributed by atoms with Gasteiger partial charge in [0, 0.05) is 66.4 Å². The molecule has 12 nitrogen and oxygen atoms in total. The van der Waals surface area contributed by atoms with Crippen LogP contribution in [0.15, 0.2) is 29.3 Å². The van der Waals surface area contributed by atoms with Crippen LogP contribution in [0.2, 0.25) is 5.02 Å². The molecule has 40 heavy (non-hydrogen) atoms. The second-order valence-electron chi connectivity index (χ2n) is 9.76. The SMILES string of the molecule is CN1CCc2nc(C(=O)N3CCN(S(=O)(=O)c4cc5cc(Cl)ccc5[nH]4)CC3CC(=O)NS(C)(=O)=O)sc2C1.Cl. The van der Waals surface area contributed by atoms with Crippen LogP contribution in [-0.2, 0) is 37.8 Å². The standard InChI is InChI=1S/C23H27ClN6O6S3.ClH/c1-28-6-5-18-19(13-28)37-22(26-18)23(32)30-8-7-29(12-16(30)11-20(31)27-38(2,33)34)39(35,36)21-10-14-9-15(24)3-4-17(14)25-21;/h3-4,9-10,16,25H,5-8,11-13H2,1-2H3,(H,27,31);1H. The van der Waals surface area contributed by atoms with E-state index in [4.69, 9.17) is 11.6 Å². The van der Waals surface area contributed by atoms with Crippen molar-refractivity contribution in [2.75, 3.05) is 39.5 Å². The van der Waals surface area contributed by atoms with E-state index in [1.807, 2.05) is 11.8 Å². The molecule has 1 fully saturated rings. The van der Waals surface area contributed by atoms with E-state index in [9.17, 15) is 26.4 Å². The zero-order valence-electron chi connectivity index (χ0n) is 21.6. The maximum atomic E-state index is 13.6. The Morgan fingerprint density at radius 2 is 1.93 bits per heavy atom. The quantitative estimate of drug-likeness (QED) is 0.409. The van der Waals surface area contributed by atoms with Crippen LogP contribution in [0.4, 0.5) is 0 Å². The minimum absolute atomic E-state index is 0. The van der Waals surface area contributed by atoms with Gasteiger partial charge in [-0.15, -0.1) is 23.7 Å². The molecule has 2 aliphatic rings. The van der Waals surface area contributed by atoms with Crippen LogP contribution >= 0.6 is 35.3 Å². The van der Waals surface area contributed by atoms with E-state index in [2.05, 4.69) is 14.9 Å². The van der Waals surface area contributed by atoms with E-state index in [1.54, 1.807) is 18.2 Å². The molecule has 2 aromatic heterocycles. The molecular formula is C23H28Cl2N6O6S3. The molecule has 0 bridgehead atoms. The zero-order valence-corrected chi connectivity index (χ0v) is 25.6. The van der Waals surface area contributed by atoms with Gasteiger partial charge < -0.3 is 14.8 Å². The largest absolute Gasteiger partial charge is 0.345 e. The average molecular weight is 652 g/mol. The van der Waals surface area contributed by atoms with Gasteiger partial charge in [-0.2, -0.15) is 4.31 Å². The minimum atomic E-state index is -4.03. The molecule has 0 spiro atoms. The summed E-state index contributed by atoms with van der Waals surface area (Å²) in [5, 5.41) is 1.31. The molecule has 2 aliphatic heterocycles. The predicted octanol–water partition coefficient (Wildman–Crippen LogP) is 1.67. The molecule has 2 amide bonds. The summed E-state index contributed by atoms with van der Waals surface area (Å²) in [6.45, 7) is 1.31. The van der Waals surface area contributed by atoms with Gasteiger partial charge in [-0.3, -0.25) is 14.3 Å². The summed E-state index contributed by atoms with van der Waals surface area (Å²) >= 11 is 7.33. The highest BCUT2D eigenvalue weighted by molar-refractivity contribution is 7.89. The Kier molecular flexibility index (Phi) is 8.86. The van der Waals surface area contributed by atoms with Crippen molar-refractivity contribution in [3.8, 4) is 0 Å². The monoisotopic (exact) mass is 650 g/mol. The maximum Gasteiger partial charge on any atom is 0.283 e. The van der Waals surface area contributed by atoms with Crippen molar-refractivity contribution in [1.29, 1.82) is 0 Å². The van der Waals surface area contributed by atoms with Gasteiger partial charge >= 0.3 is 0 Å². The number of sulfonamides is 2. The number of hydrogen-bond acceptors (Lipinski definition) is 9. The Balaban J connectivity index is 0.00000370. The summed E-state index contributed by atoms with van der Waals surface area (Å²) in [5.74, 6) is -1.24. The number of aromatic nitrogens is 2. The van der Waals surface area contributed by atoms with Crippen molar-refractivity contribution in [2.24, 2.45) is 0 Å². The van der Waals surface area contributed by atoms with Crippen LogP contribution in [0.25, 0.3) is 10.9 Å². The number of rotatable bonds is 6. The topological polar surface area (TPSA) is 153 Å².